The third-order valence-corrected chi connectivity index (χ3v) is 4.24. The Morgan fingerprint density at radius 2 is 2.23 bits per heavy atom. The lowest BCUT2D eigenvalue weighted by Gasteiger charge is -2.31. The van der Waals surface area contributed by atoms with Crippen LogP contribution in [0.5, 0.6) is 0 Å². The third kappa shape index (κ3) is 0.962. The van der Waals surface area contributed by atoms with Gasteiger partial charge in [-0.05, 0) is 18.8 Å². The Labute approximate surface area is 82.0 Å². The summed E-state index contributed by atoms with van der Waals surface area (Å²) >= 11 is 6.14. The first-order valence-corrected chi connectivity index (χ1v) is 5.25. The zero-order valence-corrected chi connectivity index (χ0v) is 8.04. The highest BCUT2D eigenvalue weighted by Gasteiger charge is 2.62. The lowest BCUT2D eigenvalue weighted by Crippen LogP contribution is -2.44. The van der Waals surface area contributed by atoms with Crippen molar-refractivity contribution in [1.29, 1.82) is 0 Å². The molecule has 1 saturated carbocycles. The average Bonchev–Trinajstić information content (AvgIpc) is 2.57. The summed E-state index contributed by atoms with van der Waals surface area (Å²) in [5.74, 6) is 0.609. The van der Waals surface area contributed by atoms with Crippen molar-refractivity contribution < 1.29 is 14.6 Å². The highest BCUT2D eigenvalue weighted by atomic mass is 35.5. The monoisotopic (exact) mass is 204 g/mol. The number of ether oxygens (including phenoxy) is 2. The lowest BCUT2D eigenvalue weighted by molar-refractivity contribution is -0.166. The summed E-state index contributed by atoms with van der Waals surface area (Å²) in [6, 6.07) is 0. The zero-order valence-electron chi connectivity index (χ0n) is 7.28. The second kappa shape index (κ2) is 2.60. The third-order valence-electron chi connectivity index (χ3n) is 3.68. The highest BCUT2D eigenvalue weighted by Crippen LogP contribution is 2.53. The second-order valence-electron chi connectivity index (χ2n) is 4.32. The van der Waals surface area contributed by atoms with E-state index < -0.39 is 5.60 Å². The van der Waals surface area contributed by atoms with Gasteiger partial charge < -0.3 is 14.6 Å². The second-order valence-corrected chi connectivity index (χ2v) is 4.85. The van der Waals surface area contributed by atoms with Gasteiger partial charge in [0.2, 0.25) is 0 Å². The summed E-state index contributed by atoms with van der Waals surface area (Å²) in [7, 11) is 0. The van der Waals surface area contributed by atoms with E-state index in [-0.39, 0.29) is 17.6 Å². The van der Waals surface area contributed by atoms with Gasteiger partial charge in [0.1, 0.15) is 5.60 Å². The van der Waals surface area contributed by atoms with Crippen molar-refractivity contribution in [3.63, 3.8) is 0 Å². The number of alkyl halides is 1. The fraction of sp³-hybridized carbons (Fsp3) is 1.00. The summed E-state index contributed by atoms with van der Waals surface area (Å²) < 4.78 is 10.9. The zero-order chi connectivity index (χ0) is 9.05. The Morgan fingerprint density at radius 1 is 1.38 bits per heavy atom. The number of halogens is 1. The van der Waals surface area contributed by atoms with Gasteiger partial charge in [0.15, 0.2) is 6.29 Å². The van der Waals surface area contributed by atoms with Crippen molar-refractivity contribution >= 4 is 11.6 Å². The average molecular weight is 205 g/mol. The van der Waals surface area contributed by atoms with E-state index in [1.165, 1.54) is 0 Å². The summed E-state index contributed by atoms with van der Waals surface area (Å²) in [6.45, 7) is 1.08. The SMILES string of the molecule is O[C@@]12CO[C@H]3OCC[C@@H](C[C@H]1Cl)[C@H]32. The topological polar surface area (TPSA) is 38.7 Å². The first kappa shape index (κ1) is 8.48. The van der Waals surface area contributed by atoms with E-state index in [9.17, 15) is 5.11 Å². The molecule has 13 heavy (non-hydrogen) atoms. The van der Waals surface area contributed by atoms with Crippen LogP contribution in [-0.4, -0.2) is 35.6 Å². The summed E-state index contributed by atoms with van der Waals surface area (Å²) in [5.41, 5.74) is -0.822. The maximum Gasteiger partial charge on any atom is 0.163 e. The molecule has 2 aliphatic heterocycles. The van der Waals surface area contributed by atoms with Crippen molar-refractivity contribution in [1.82, 2.24) is 0 Å². The van der Waals surface area contributed by atoms with Crippen molar-refractivity contribution in [2.45, 2.75) is 30.1 Å². The smallest absolute Gasteiger partial charge is 0.163 e. The van der Waals surface area contributed by atoms with Gasteiger partial charge in [-0.15, -0.1) is 11.6 Å². The minimum atomic E-state index is -0.822. The molecule has 74 valence electrons. The van der Waals surface area contributed by atoms with E-state index >= 15 is 0 Å². The molecule has 0 aromatic carbocycles. The molecule has 0 unspecified atom stereocenters. The van der Waals surface area contributed by atoms with E-state index in [1.807, 2.05) is 0 Å². The van der Waals surface area contributed by atoms with Gasteiger partial charge in [-0.3, -0.25) is 0 Å². The van der Waals surface area contributed by atoms with E-state index in [0.717, 1.165) is 19.4 Å². The van der Waals surface area contributed by atoms with Crippen LogP contribution in [-0.2, 0) is 9.47 Å². The molecule has 0 bridgehead atoms. The molecule has 1 aliphatic carbocycles. The van der Waals surface area contributed by atoms with Crippen molar-refractivity contribution in [2.24, 2.45) is 11.8 Å². The van der Waals surface area contributed by atoms with Crippen LogP contribution in [0.25, 0.3) is 0 Å². The van der Waals surface area contributed by atoms with E-state index in [1.54, 1.807) is 0 Å². The maximum atomic E-state index is 10.3. The Balaban J connectivity index is 1.97. The molecule has 0 amide bonds. The lowest BCUT2D eigenvalue weighted by atomic mass is 9.85. The fourth-order valence-electron chi connectivity index (χ4n) is 2.98. The van der Waals surface area contributed by atoms with E-state index in [0.29, 0.717) is 12.5 Å². The Morgan fingerprint density at radius 3 is 3.08 bits per heavy atom. The van der Waals surface area contributed by atoms with Crippen LogP contribution < -0.4 is 0 Å². The Bertz CT molecular complexity index is 235. The van der Waals surface area contributed by atoms with Gasteiger partial charge in [0.25, 0.3) is 0 Å². The van der Waals surface area contributed by atoms with E-state index in [4.69, 9.17) is 21.1 Å². The molecular weight excluding hydrogens is 192 g/mol. The first-order chi connectivity index (χ1) is 6.22. The molecule has 3 aliphatic rings. The molecular formula is C9H13ClO3. The predicted molar refractivity (Wildman–Crippen MR) is 46.5 cm³/mol. The molecule has 3 fully saturated rings. The van der Waals surface area contributed by atoms with Crippen LogP contribution in [0.3, 0.4) is 0 Å². The van der Waals surface area contributed by atoms with E-state index in [2.05, 4.69) is 0 Å². The van der Waals surface area contributed by atoms with Crippen molar-refractivity contribution in [2.75, 3.05) is 13.2 Å². The number of hydrogen-bond donors (Lipinski definition) is 1. The standard InChI is InChI=1S/C9H13ClO3/c10-6-3-5-1-2-12-8-7(5)9(6,11)4-13-8/h5-8,11H,1-4H2/t5-,6+,7+,8+,9-/m0/s1. The molecule has 1 N–H and O–H groups in total. The Hall–Kier alpha value is 0.170. The van der Waals surface area contributed by atoms with Gasteiger partial charge in [0, 0.05) is 5.92 Å². The minimum Gasteiger partial charge on any atom is -0.385 e. The van der Waals surface area contributed by atoms with Crippen LogP contribution in [0.4, 0.5) is 0 Å². The van der Waals surface area contributed by atoms with Gasteiger partial charge >= 0.3 is 0 Å². The summed E-state index contributed by atoms with van der Waals surface area (Å²) in [5, 5.41) is 10.1. The Kier molecular flexibility index (Phi) is 1.69. The molecule has 3 rings (SSSR count). The molecule has 3 nitrogen and oxygen atoms in total. The van der Waals surface area contributed by atoms with Crippen LogP contribution >= 0.6 is 11.6 Å². The van der Waals surface area contributed by atoms with Crippen LogP contribution in [0.1, 0.15) is 12.8 Å². The highest BCUT2D eigenvalue weighted by molar-refractivity contribution is 6.21. The molecule has 0 radical (unpaired) electrons. The first-order valence-electron chi connectivity index (χ1n) is 4.81. The maximum absolute atomic E-state index is 10.3. The molecule has 5 atom stereocenters. The summed E-state index contributed by atoms with van der Waals surface area (Å²) in [6.07, 6.45) is 1.72. The fourth-order valence-corrected chi connectivity index (χ4v) is 3.42. The summed E-state index contributed by atoms with van der Waals surface area (Å²) in [4.78, 5) is 0. The molecule has 0 aromatic rings. The normalized spacial score (nSPS) is 59.5. The van der Waals surface area contributed by atoms with Gasteiger partial charge in [0.05, 0.1) is 18.6 Å². The molecule has 4 heteroatoms. The number of aliphatic hydroxyl groups is 1. The van der Waals surface area contributed by atoms with Crippen molar-refractivity contribution in [3.05, 3.63) is 0 Å². The van der Waals surface area contributed by atoms with Gasteiger partial charge in [-0.1, -0.05) is 0 Å². The largest absolute Gasteiger partial charge is 0.385 e. The van der Waals surface area contributed by atoms with Crippen LogP contribution in [0.2, 0.25) is 0 Å². The predicted octanol–water partition coefficient (Wildman–Crippen LogP) is 0.738. The van der Waals surface area contributed by atoms with Crippen molar-refractivity contribution in [3.8, 4) is 0 Å². The number of rotatable bonds is 0. The number of hydrogen-bond acceptors (Lipinski definition) is 3. The molecule has 0 aromatic heterocycles. The van der Waals surface area contributed by atoms with Crippen LogP contribution in [0, 0.1) is 11.8 Å². The quantitative estimate of drug-likeness (QED) is 0.592. The molecule has 2 saturated heterocycles. The van der Waals surface area contributed by atoms with Crippen LogP contribution in [0.15, 0.2) is 0 Å². The molecule has 0 spiro atoms. The minimum absolute atomic E-state index is 0.115. The molecule has 2 heterocycles. The van der Waals surface area contributed by atoms with Gasteiger partial charge in [-0.2, -0.15) is 0 Å². The van der Waals surface area contributed by atoms with Gasteiger partial charge in [-0.25, -0.2) is 0 Å².